The third-order valence-electron chi connectivity index (χ3n) is 2.01. The van der Waals surface area contributed by atoms with Crippen molar-refractivity contribution in [2.75, 3.05) is 0 Å². The molecule has 0 fully saturated rings. The monoisotopic (exact) mass is 259 g/mol. The van der Waals surface area contributed by atoms with Gasteiger partial charge in [-0.05, 0) is 18.6 Å². The van der Waals surface area contributed by atoms with E-state index in [1.807, 2.05) is 6.92 Å². The van der Waals surface area contributed by atoms with Crippen molar-refractivity contribution in [3.8, 4) is 0 Å². The summed E-state index contributed by atoms with van der Waals surface area (Å²) in [4.78, 5) is 0. The molecule has 0 heterocycles. The minimum Gasteiger partial charge on any atom is -0.463 e. The molecule has 6 nitrogen and oxygen atoms in total. The Morgan fingerprint density at radius 1 is 1.59 bits per heavy atom. The number of ether oxygens (including phenoxy) is 1. The lowest BCUT2D eigenvalue weighted by atomic mass is 10.1. The van der Waals surface area contributed by atoms with Gasteiger partial charge >= 0.3 is 0 Å². The first-order chi connectivity index (χ1) is 8.00. The molecule has 2 N–H and O–H groups in total. The molecule has 0 amide bonds. The highest BCUT2D eigenvalue weighted by atomic mass is 32.2. The molecule has 7 heteroatoms. The Bertz CT molecular complexity index is 487. The molecule has 0 aromatic rings. The minimum absolute atomic E-state index is 0.0716. The van der Waals surface area contributed by atoms with E-state index >= 15 is 0 Å². The van der Waals surface area contributed by atoms with Crippen LogP contribution in [0.2, 0.25) is 0 Å². The van der Waals surface area contributed by atoms with Gasteiger partial charge in [-0.3, -0.25) is 4.55 Å². The Morgan fingerprint density at radius 3 is 2.82 bits per heavy atom. The normalized spacial score (nSPS) is 23.1. The summed E-state index contributed by atoms with van der Waals surface area (Å²) < 4.78 is 36.2. The van der Waals surface area contributed by atoms with Crippen LogP contribution >= 0.6 is 0 Å². The molecule has 0 radical (unpaired) electrons. The first kappa shape index (κ1) is 13.5. The van der Waals surface area contributed by atoms with E-state index in [1.54, 1.807) is 6.08 Å². The smallest absolute Gasteiger partial charge is 0.277 e. The van der Waals surface area contributed by atoms with E-state index in [-0.39, 0.29) is 11.5 Å². The molecule has 0 saturated carbocycles. The third-order valence-corrected chi connectivity index (χ3v) is 3.03. The Labute approximate surface area is 99.3 Å². The molecule has 1 unspecified atom stereocenters. The maximum atomic E-state index is 11.0. The second-order valence-electron chi connectivity index (χ2n) is 3.23. The molecule has 0 aromatic heterocycles. The third kappa shape index (κ3) is 3.43. The molecule has 0 bridgehead atoms. The highest BCUT2D eigenvalue weighted by Gasteiger charge is 2.32. The Kier molecular flexibility index (Phi) is 4.47. The van der Waals surface area contributed by atoms with Gasteiger partial charge in [0, 0.05) is 0 Å². The van der Waals surface area contributed by atoms with E-state index in [1.165, 1.54) is 24.5 Å². The van der Waals surface area contributed by atoms with Crippen LogP contribution in [0.1, 0.15) is 13.3 Å². The van der Waals surface area contributed by atoms with E-state index in [9.17, 15) is 8.42 Å². The SMILES string of the molecule is CCC=COC1=CC=CC(S(=O)(=O)O)C1=NO. The van der Waals surface area contributed by atoms with Crippen molar-refractivity contribution < 1.29 is 22.9 Å². The van der Waals surface area contributed by atoms with Crippen LogP contribution in [0.25, 0.3) is 0 Å². The zero-order chi connectivity index (χ0) is 12.9. The zero-order valence-electron chi connectivity index (χ0n) is 9.15. The van der Waals surface area contributed by atoms with Gasteiger partial charge < -0.3 is 9.94 Å². The van der Waals surface area contributed by atoms with Crippen molar-refractivity contribution >= 4 is 15.8 Å². The molecule has 0 aliphatic heterocycles. The topological polar surface area (TPSA) is 96.2 Å². The Balaban J connectivity index is 2.97. The van der Waals surface area contributed by atoms with Gasteiger partial charge in [0.15, 0.2) is 11.0 Å². The van der Waals surface area contributed by atoms with Gasteiger partial charge in [-0.25, -0.2) is 0 Å². The molecule has 0 aromatic carbocycles. The van der Waals surface area contributed by atoms with E-state index in [4.69, 9.17) is 14.5 Å². The first-order valence-electron chi connectivity index (χ1n) is 4.89. The molecular weight excluding hydrogens is 246 g/mol. The summed E-state index contributed by atoms with van der Waals surface area (Å²) in [6.45, 7) is 1.90. The van der Waals surface area contributed by atoms with Gasteiger partial charge in [0.2, 0.25) is 0 Å². The molecule has 0 saturated heterocycles. The maximum Gasteiger partial charge on any atom is 0.277 e. The lowest BCUT2D eigenvalue weighted by molar-refractivity contribution is 0.309. The molecule has 0 spiro atoms. The van der Waals surface area contributed by atoms with Crippen LogP contribution in [0.4, 0.5) is 0 Å². The van der Waals surface area contributed by atoms with Gasteiger partial charge in [-0.1, -0.05) is 24.2 Å². The fourth-order valence-electron chi connectivity index (χ4n) is 1.22. The Morgan fingerprint density at radius 2 is 2.29 bits per heavy atom. The van der Waals surface area contributed by atoms with Crippen LogP contribution in [0.15, 0.2) is 41.5 Å². The molecule has 17 heavy (non-hydrogen) atoms. The molecule has 1 atom stereocenters. The summed E-state index contributed by atoms with van der Waals surface area (Å²) in [6.07, 6.45) is 7.85. The second kappa shape index (κ2) is 5.65. The number of allylic oxidation sites excluding steroid dienone is 4. The predicted octanol–water partition coefficient (Wildman–Crippen LogP) is 1.47. The highest BCUT2D eigenvalue weighted by molar-refractivity contribution is 7.87. The summed E-state index contributed by atoms with van der Waals surface area (Å²) in [6, 6.07) is 0. The second-order valence-corrected chi connectivity index (χ2v) is 4.77. The fourth-order valence-corrected chi connectivity index (χ4v) is 1.96. The van der Waals surface area contributed by atoms with E-state index in [2.05, 4.69) is 5.16 Å². The average molecular weight is 259 g/mol. The molecule has 1 aliphatic carbocycles. The van der Waals surface area contributed by atoms with Crippen LogP contribution < -0.4 is 0 Å². The number of nitrogens with zero attached hydrogens (tertiary/aromatic N) is 1. The van der Waals surface area contributed by atoms with Gasteiger partial charge in [0.25, 0.3) is 10.1 Å². The van der Waals surface area contributed by atoms with E-state index < -0.39 is 15.4 Å². The van der Waals surface area contributed by atoms with Crippen LogP contribution in [0, 0.1) is 0 Å². The van der Waals surface area contributed by atoms with Crippen LogP contribution in [0.5, 0.6) is 0 Å². The van der Waals surface area contributed by atoms with Crippen molar-refractivity contribution in [2.24, 2.45) is 5.16 Å². The zero-order valence-corrected chi connectivity index (χ0v) is 9.96. The first-order valence-corrected chi connectivity index (χ1v) is 6.39. The van der Waals surface area contributed by atoms with Crippen molar-refractivity contribution in [3.63, 3.8) is 0 Å². The van der Waals surface area contributed by atoms with Crippen molar-refractivity contribution in [2.45, 2.75) is 18.6 Å². The summed E-state index contributed by atoms with van der Waals surface area (Å²) in [5.74, 6) is 0.0716. The molecular formula is C10H13NO5S. The van der Waals surface area contributed by atoms with Gasteiger partial charge in [-0.15, -0.1) is 0 Å². The number of hydrogen-bond acceptors (Lipinski definition) is 5. The number of hydrogen-bond donors (Lipinski definition) is 2. The lowest BCUT2D eigenvalue weighted by Crippen LogP contribution is -2.31. The Hall–Kier alpha value is -1.60. The fraction of sp³-hybridized carbons (Fsp3) is 0.300. The van der Waals surface area contributed by atoms with Crippen LogP contribution in [0.3, 0.4) is 0 Å². The minimum atomic E-state index is -4.37. The summed E-state index contributed by atoms with van der Waals surface area (Å²) in [5, 5.41) is 10.2. The average Bonchev–Trinajstić information content (AvgIpc) is 2.28. The largest absolute Gasteiger partial charge is 0.463 e. The van der Waals surface area contributed by atoms with Gasteiger partial charge in [-0.2, -0.15) is 8.42 Å². The highest BCUT2D eigenvalue weighted by Crippen LogP contribution is 2.17. The quantitative estimate of drug-likeness (QED) is 0.345. The van der Waals surface area contributed by atoms with Gasteiger partial charge in [0.1, 0.15) is 5.71 Å². The number of oxime groups is 1. The van der Waals surface area contributed by atoms with Gasteiger partial charge in [0.05, 0.1) is 6.26 Å². The standard InChI is InChI=1S/C10H13NO5S/c1-2-3-7-16-8-5-4-6-9(10(8)11-12)17(13,14)15/h3-7,9,12H,2H2,1H3,(H,13,14,15). The molecule has 1 aliphatic rings. The predicted molar refractivity (Wildman–Crippen MR) is 62.3 cm³/mol. The van der Waals surface area contributed by atoms with E-state index in [0.717, 1.165) is 6.42 Å². The van der Waals surface area contributed by atoms with Crippen molar-refractivity contribution in [1.82, 2.24) is 0 Å². The summed E-state index contributed by atoms with van der Waals surface area (Å²) in [5.41, 5.74) is -0.254. The lowest BCUT2D eigenvalue weighted by Gasteiger charge is -2.16. The van der Waals surface area contributed by atoms with Crippen LogP contribution in [-0.4, -0.2) is 29.1 Å². The van der Waals surface area contributed by atoms with Crippen molar-refractivity contribution in [1.29, 1.82) is 0 Å². The molecule has 94 valence electrons. The van der Waals surface area contributed by atoms with Crippen LogP contribution in [-0.2, 0) is 14.9 Å². The van der Waals surface area contributed by atoms with Crippen molar-refractivity contribution in [3.05, 3.63) is 36.3 Å². The van der Waals surface area contributed by atoms with E-state index in [0.29, 0.717) is 0 Å². The maximum absolute atomic E-state index is 11.0. The number of rotatable bonds is 4. The molecule has 1 rings (SSSR count). The summed E-state index contributed by atoms with van der Waals surface area (Å²) in [7, 11) is -4.37. The summed E-state index contributed by atoms with van der Waals surface area (Å²) >= 11 is 0.